The van der Waals surface area contributed by atoms with Crippen molar-refractivity contribution in [2.45, 2.75) is 39.5 Å². The van der Waals surface area contributed by atoms with Crippen LogP contribution in [-0.4, -0.2) is 15.0 Å². The predicted octanol–water partition coefficient (Wildman–Crippen LogP) is 3.07. The third-order valence-electron chi connectivity index (χ3n) is 3.82. The summed E-state index contributed by atoms with van der Waals surface area (Å²) in [5.74, 6) is 1.11. The highest BCUT2D eigenvalue weighted by atomic mass is 32.2. The molecule has 116 valence electrons. The van der Waals surface area contributed by atoms with Crippen LogP contribution in [0.1, 0.15) is 38.8 Å². The smallest absolute Gasteiger partial charge is 0.211 e. The molecule has 0 aliphatic carbocycles. The second-order valence-corrected chi connectivity index (χ2v) is 7.83. The number of aryl methyl sites for hydroxylation is 1. The fraction of sp³-hybridized carbons (Fsp3) is 0.562. The fourth-order valence-electron chi connectivity index (χ4n) is 2.55. The number of nitriles is 1. The zero-order chi connectivity index (χ0) is 16.2. The number of sulfonamides is 1. The van der Waals surface area contributed by atoms with E-state index in [1.807, 2.05) is 6.07 Å². The van der Waals surface area contributed by atoms with Gasteiger partial charge in [0.2, 0.25) is 10.0 Å². The standard InChI is InChI=1S/C16H24N2O2S/c1-11(2)15(12(3)4)10-18-21(19,20)16-7-6-14(9-17)8-13(16)5/h6-8,11-12,15,18H,10H2,1-5H3. The molecule has 4 nitrogen and oxygen atoms in total. The normalized spacial score (nSPS) is 12.1. The van der Waals surface area contributed by atoms with Gasteiger partial charge in [0.1, 0.15) is 0 Å². The van der Waals surface area contributed by atoms with E-state index in [2.05, 4.69) is 32.4 Å². The zero-order valence-electron chi connectivity index (χ0n) is 13.3. The van der Waals surface area contributed by atoms with Crippen LogP contribution in [0.2, 0.25) is 0 Å². The molecular weight excluding hydrogens is 284 g/mol. The molecule has 0 aliphatic heterocycles. The Hall–Kier alpha value is -1.38. The summed E-state index contributed by atoms with van der Waals surface area (Å²) in [6, 6.07) is 6.63. The first-order valence-electron chi connectivity index (χ1n) is 7.19. The minimum absolute atomic E-state index is 0.243. The quantitative estimate of drug-likeness (QED) is 0.878. The second-order valence-electron chi connectivity index (χ2n) is 6.10. The van der Waals surface area contributed by atoms with E-state index in [1.54, 1.807) is 13.0 Å². The minimum Gasteiger partial charge on any atom is -0.211 e. The number of nitrogens with zero attached hydrogens (tertiary/aromatic N) is 1. The minimum atomic E-state index is -3.54. The summed E-state index contributed by atoms with van der Waals surface area (Å²) < 4.78 is 27.5. The van der Waals surface area contributed by atoms with E-state index in [9.17, 15) is 8.42 Å². The molecule has 0 fully saturated rings. The van der Waals surface area contributed by atoms with Gasteiger partial charge in [0.15, 0.2) is 0 Å². The lowest BCUT2D eigenvalue weighted by molar-refractivity contribution is 0.289. The second kappa shape index (κ2) is 7.06. The van der Waals surface area contributed by atoms with Crippen molar-refractivity contribution >= 4 is 10.0 Å². The molecule has 0 saturated heterocycles. The predicted molar refractivity (Wildman–Crippen MR) is 84.2 cm³/mol. The average molecular weight is 308 g/mol. The molecule has 1 aromatic rings. The molecule has 21 heavy (non-hydrogen) atoms. The van der Waals surface area contributed by atoms with Crippen LogP contribution < -0.4 is 4.72 Å². The molecule has 5 heteroatoms. The Balaban J connectivity index is 2.95. The van der Waals surface area contributed by atoms with Gasteiger partial charge in [0, 0.05) is 6.54 Å². The van der Waals surface area contributed by atoms with Gasteiger partial charge in [-0.3, -0.25) is 0 Å². The number of rotatable bonds is 6. The molecule has 1 N–H and O–H groups in total. The summed E-state index contributed by atoms with van der Waals surface area (Å²) in [5.41, 5.74) is 1.06. The molecule has 0 atom stereocenters. The van der Waals surface area contributed by atoms with Crippen molar-refractivity contribution in [3.05, 3.63) is 29.3 Å². The number of nitrogens with one attached hydrogen (secondary N) is 1. The fourth-order valence-corrected chi connectivity index (χ4v) is 3.84. The average Bonchev–Trinajstić information content (AvgIpc) is 2.37. The van der Waals surface area contributed by atoms with Gasteiger partial charge in [-0.05, 0) is 48.4 Å². The highest BCUT2D eigenvalue weighted by molar-refractivity contribution is 7.89. The molecular formula is C16H24N2O2S. The van der Waals surface area contributed by atoms with Crippen molar-refractivity contribution in [1.29, 1.82) is 5.26 Å². The molecule has 1 rings (SSSR count). The maximum absolute atomic E-state index is 12.4. The van der Waals surface area contributed by atoms with Gasteiger partial charge in [-0.2, -0.15) is 5.26 Å². The number of hydrogen-bond donors (Lipinski definition) is 1. The monoisotopic (exact) mass is 308 g/mol. The van der Waals surface area contributed by atoms with Crippen molar-refractivity contribution in [2.75, 3.05) is 6.54 Å². The first-order chi connectivity index (χ1) is 9.69. The van der Waals surface area contributed by atoms with Crippen LogP contribution in [0.4, 0.5) is 0 Å². The maximum Gasteiger partial charge on any atom is 0.240 e. The maximum atomic E-state index is 12.4. The Labute approximate surface area is 128 Å². The summed E-state index contributed by atoms with van der Waals surface area (Å²) >= 11 is 0. The largest absolute Gasteiger partial charge is 0.240 e. The van der Waals surface area contributed by atoms with E-state index in [0.717, 1.165) is 0 Å². The lowest BCUT2D eigenvalue weighted by Crippen LogP contribution is -2.34. The van der Waals surface area contributed by atoms with Crippen molar-refractivity contribution in [3.8, 4) is 6.07 Å². The van der Waals surface area contributed by atoms with Crippen molar-refractivity contribution in [3.63, 3.8) is 0 Å². The lowest BCUT2D eigenvalue weighted by atomic mass is 9.86. The van der Waals surface area contributed by atoms with Crippen LogP contribution in [0.5, 0.6) is 0 Å². The molecule has 0 aromatic heterocycles. The van der Waals surface area contributed by atoms with Gasteiger partial charge in [-0.25, -0.2) is 13.1 Å². The molecule has 0 saturated carbocycles. The number of benzene rings is 1. The van der Waals surface area contributed by atoms with Crippen LogP contribution in [-0.2, 0) is 10.0 Å². The van der Waals surface area contributed by atoms with E-state index in [4.69, 9.17) is 5.26 Å². The topological polar surface area (TPSA) is 70.0 Å². The van der Waals surface area contributed by atoms with E-state index >= 15 is 0 Å². The van der Waals surface area contributed by atoms with Gasteiger partial charge < -0.3 is 0 Å². The van der Waals surface area contributed by atoms with Crippen LogP contribution in [0, 0.1) is 36.0 Å². The summed E-state index contributed by atoms with van der Waals surface area (Å²) in [7, 11) is -3.54. The SMILES string of the molecule is Cc1cc(C#N)ccc1S(=O)(=O)NCC(C(C)C)C(C)C. The summed E-state index contributed by atoms with van der Waals surface area (Å²) in [5, 5.41) is 8.84. The van der Waals surface area contributed by atoms with E-state index < -0.39 is 10.0 Å². The Bertz CT molecular complexity index is 620. The Kier molecular flexibility index (Phi) is 5.94. The zero-order valence-corrected chi connectivity index (χ0v) is 14.2. The van der Waals surface area contributed by atoms with Crippen LogP contribution in [0.3, 0.4) is 0 Å². The summed E-state index contributed by atoms with van der Waals surface area (Å²) in [6.45, 7) is 10.5. The molecule has 0 aliphatic rings. The van der Waals surface area contributed by atoms with E-state index in [0.29, 0.717) is 35.4 Å². The summed E-state index contributed by atoms with van der Waals surface area (Å²) in [4.78, 5) is 0.243. The van der Waals surface area contributed by atoms with Gasteiger partial charge in [0.25, 0.3) is 0 Å². The molecule has 0 bridgehead atoms. The first-order valence-corrected chi connectivity index (χ1v) is 8.67. The molecule has 0 amide bonds. The van der Waals surface area contributed by atoms with Gasteiger partial charge in [-0.1, -0.05) is 27.7 Å². The number of hydrogen-bond acceptors (Lipinski definition) is 3. The third-order valence-corrected chi connectivity index (χ3v) is 5.40. The highest BCUT2D eigenvalue weighted by Gasteiger charge is 2.22. The van der Waals surface area contributed by atoms with Gasteiger partial charge >= 0.3 is 0 Å². The van der Waals surface area contributed by atoms with Crippen LogP contribution in [0.15, 0.2) is 23.1 Å². The van der Waals surface area contributed by atoms with Crippen molar-refractivity contribution in [2.24, 2.45) is 17.8 Å². The summed E-state index contributed by atoms with van der Waals surface area (Å²) in [6.07, 6.45) is 0. The van der Waals surface area contributed by atoms with E-state index in [1.165, 1.54) is 12.1 Å². The molecule has 0 spiro atoms. The molecule has 1 aromatic carbocycles. The third kappa shape index (κ3) is 4.55. The van der Waals surface area contributed by atoms with Crippen molar-refractivity contribution < 1.29 is 8.42 Å². The molecule has 0 heterocycles. The Morgan fingerprint density at radius 1 is 1.19 bits per heavy atom. The van der Waals surface area contributed by atoms with Crippen LogP contribution in [0.25, 0.3) is 0 Å². The lowest BCUT2D eigenvalue weighted by Gasteiger charge is -2.25. The Morgan fingerprint density at radius 2 is 1.76 bits per heavy atom. The van der Waals surface area contributed by atoms with Crippen molar-refractivity contribution in [1.82, 2.24) is 4.72 Å². The highest BCUT2D eigenvalue weighted by Crippen LogP contribution is 2.21. The van der Waals surface area contributed by atoms with Gasteiger partial charge in [0.05, 0.1) is 16.5 Å². The molecule has 0 radical (unpaired) electrons. The first kappa shape index (κ1) is 17.7. The molecule has 0 unspecified atom stereocenters. The van der Waals surface area contributed by atoms with Crippen LogP contribution >= 0.6 is 0 Å². The van der Waals surface area contributed by atoms with E-state index in [-0.39, 0.29) is 4.90 Å². The Morgan fingerprint density at radius 3 is 2.19 bits per heavy atom. The van der Waals surface area contributed by atoms with Gasteiger partial charge in [-0.15, -0.1) is 0 Å².